The Balaban J connectivity index is 2.28. The molecule has 8 heteroatoms. The van der Waals surface area contributed by atoms with Crippen molar-refractivity contribution < 1.29 is 17.9 Å². The van der Waals surface area contributed by atoms with E-state index in [-0.39, 0.29) is 11.5 Å². The third-order valence-electron chi connectivity index (χ3n) is 4.67. The lowest BCUT2D eigenvalue weighted by Crippen LogP contribution is -2.12. The molecule has 3 rings (SSSR count). The molecule has 0 aliphatic carbocycles. The molecule has 2 N–H and O–H groups in total. The second kappa shape index (κ2) is 8.02. The van der Waals surface area contributed by atoms with Crippen LogP contribution in [0.1, 0.15) is 28.5 Å². The van der Waals surface area contributed by atoms with E-state index in [0.717, 1.165) is 16.8 Å². The number of carbonyl (C=O) groups excluding carboxylic acids is 1. The van der Waals surface area contributed by atoms with E-state index in [1.165, 1.54) is 12.1 Å². The van der Waals surface area contributed by atoms with E-state index in [1.807, 2.05) is 30.5 Å². The normalized spacial score (nSPS) is 11.5. The summed E-state index contributed by atoms with van der Waals surface area (Å²) in [5, 5.41) is 5.80. The van der Waals surface area contributed by atoms with Crippen LogP contribution in [-0.4, -0.2) is 25.6 Å². The predicted molar refractivity (Wildman–Crippen MR) is 113 cm³/mol. The van der Waals surface area contributed by atoms with Crippen molar-refractivity contribution >= 4 is 27.6 Å². The van der Waals surface area contributed by atoms with Crippen molar-refractivity contribution in [3.05, 3.63) is 70.4 Å². The molecule has 29 heavy (non-hydrogen) atoms. The van der Waals surface area contributed by atoms with E-state index < -0.39 is 16.0 Å². The number of carbonyl (C=O) groups is 1. The third kappa shape index (κ3) is 4.07. The second-order valence-corrected chi connectivity index (χ2v) is 8.53. The summed E-state index contributed by atoms with van der Waals surface area (Å²) in [6.45, 7) is 5.71. The molecule has 1 aromatic heterocycles. The summed E-state index contributed by atoms with van der Waals surface area (Å²) in [5.41, 5.74) is 4.28. The van der Waals surface area contributed by atoms with Crippen LogP contribution < -0.4 is 5.14 Å². The molecule has 1 heterocycles. The molecule has 0 bridgehead atoms. The number of sulfonamides is 1. The zero-order valence-corrected chi connectivity index (χ0v) is 17.8. The maximum atomic E-state index is 12.6. The van der Waals surface area contributed by atoms with Crippen LogP contribution in [0.3, 0.4) is 0 Å². The monoisotopic (exact) mass is 432 g/mol. The van der Waals surface area contributed by atoms with Gasteiger partial charge in [0.15, 0.2) is 0 Å². The maximum absolute atomic E-state index is 12.6. The fourth-order valence-corrected chi connectivity index (χ4v) is 4.04. The van der Waals surface area contributed by atoms with Crippen molar-refractivity contribution in [2.24, 2.45) is 5.14 Å². The van der Waals surface area contributed by atoms with E-state index in [2.05, 4.69) is 0 Å². The number of primary sulfonamides is 1. The summed E-state index contributed by atoms with van der Waals surface area (Å²) < 4.78 is 30.3. The maximum Gasteiger partial charge on any atom is 0.340 e. The average molecular weight is 433 g/mol. The SMILES string of the molecule is CCOC(=O)c1c(C)c(-c2ccc(Cl)cc2)n(-c2ccc(S(N)(=O)=O)cc2)c1C. The number of hydrogen-bond donors (Lipinski definition) is 1. The van der Waals surface area contributed by atoms with Gasteiger partial charge in [0.25, 0.3) is 0 Å². The number of rotatable bonds is 5. The number of hydrogen-bond acceptors (Lipinski definition) is 4. The highest BCUT2D eigenvalue weighted by atomic mass is 35.5. The molecule has 2 aromatic carbocycles. The Labute approximate surface area is 174 Å². The summed E-state index contributed by atoms with van der Waals surface area (Å²) in [7, 11) is -3.80. The van der Waals surface area contributed by atoms with Gasteiger partial charge in [0.05, 0.1) is 22.8 Å². The quantitative estimate of drug-likeness (QED) is 0.610. The fraction of sp³-hybridized carbons (Fsp3) is 0.190. The van der Waals surface area contributed by atoms with Gasteiger partial charge in [-0.2, -0.15) is 0 Å². The Kier molecular flexibility index (Phi) is 5.84. The van der Waals surface area contributed by atoms with Crippen LogP contribution in [-0.2, 0) is 14.8 Å². The average Bonchev–Trinajstić information content (AvgIpc) is 2.92. The molecule has 0 saturated carbocycles. The minimum Gasteiger partial charge on any atom is -0.462 e. The number of aromatic nitrogens is 1. The van der Waals surface area contributed by atoms with Gasteiger partial charge in [-0.25, -0.2) is 18.4 Å². The van der Waals surface area contributed by atoms with Gasteiger partial charge in [-0.05, 0) is 68.3 Å². The van der Waals surface area contributed by atoms with Gasteiger partial charge in [0.2, 0.25) is 10.0 Å². The summed E-state index contributed by atoms with van der Waals surface area (Å²) in [6, 6.07) is 13.5. The van der Waals surface area contributed by atoms with Gasteiger partial charge in [-0.15, -0.1) is 0 Å². The Morgan fingerprint density at radius 1 is 1.07 bits per heavy atom. The Bertz CT molecular complexity index is 1160. The van der Waals surface area contributed by atoms with E-state index in [1.54, 1.807) is 31.2 Å². The van der Waals surface area contributed by atoms with E-state index >= 15 is 0 Å². The molecule has 152 valence electrons. The largest absolute Gasteiger partial charge is 0.462 e. The van der Waals surface area contributed by atoms with Crippen LogP contribution in [0.5, 0.6) is 0 Å². The lowest BCUT2D eigenvalue weighted by Gasteiger charge is -2.13. The Hall–Kier alpha value is -2.61. The van der Waals surface area contributed by atoms with Crippen molar-refractivity contribution in [2.75, 3.05) is 6.61 Å². The number of nitrogens with two attached hydrogens (primary N) is 1. The van der Waals surface area contributed by atoms with Crippen molar-refractivity contribution in [2.45, 2.75) is 25.7 Å². The third-order valence-corrected chi connectivity index (χ3v) is 5.85. The lowest BCUT2D eigenvalue weighted by molar-refractivity contribution is 0.0525. The summed E-state index contributed by atoms with van der Waals surface area (Å²) in [4.78, 5) is 12.6. The summed E-state index contributed by atoms with van der Waals surface area (Å²) >= 11 is 6.03. The van der Waals surface area contributed by atoms with Crippen LogP contribution in [0.25, 0.3) is 16.9 Å². The molecule has 3 aromatic rings. The number of nitrogens with zero attached hydrogens (tertiary/aromatic N) is 1. The zero-order chi connectivity index (χ0) is 21.3. The molecule has 0 fully saturated rings. The van der Waals surface area contributed by atoms with Crippen LogP contribution in [0.2, 0.25) is 5.02 Å². The molecule has 0 spiro atoms. The van der Waals surface area contributed by atoms with Gasteiger partial charge in [-0.3, -0.25) is 0 Å². The van der Waals surface area contributed by atoms with Gasteiger partial charge in [-0.1, -0.05) is 23.7 Å². The molecular formula is C21H21ClN2O4S. The smallest absolute Gasteiger partial charge is 0.340 e. The Morgan fingerprint density at radius 3 is 2.17 bits per heavy atom. The predicted octanol–water partition coefficient (Wildman–Crippen LogP) is 4.24. The van der Waals surface area contributed by atoms with Crippen LogP contribution in [0.4, 0.5) is 0 Å². The van der Waals surface area contributed by atoms with E-state index in [9.17, 15) is 13.2 Å². The van der Waals surface area contributed by atoms with Crippen LogP contribution in [0.15, 0.2) is 53.4 Å². The lowest BCUT2D eigenvalue weighted by atomic mass is 10.1. The number of esters is 1. The van der Waals surface area contributed by atoms with Gasteiger partial charge >= 0.3 is 5.97 Å². The van der Waals surface area contributed by atoms with Crippen LogP contribution in [0, 0.1) is 13.8 Å². The van der Waals surface area contributed by atoms with E-state index in [0.29, 0.717) is 22.0 Å². The van der Waals surface area contributed by atoms with Crippen molar-refractivity contribution in [3.8, 4) is 16.9 Å². The Morgan fingerprint density at radius 2 is 1.66 bits per heavy atom. The molecule has 6 nitrogen and oxygen atoms in total. The highest BCUT2D eigenvalue weighted by Crippen LogP contribution is 2.35. The van der Waals surface area contributed by atoms with Crippen molar-refractivity contribution in [1.29, 1.82) is 0 Å². The number of ether oxygens (including phenoxy) is 1. The molecule has 0 aliphatic rings. The highest BCUT2D eigenvalue weighted by Gasteiger charge is 2.25. The van der Waals surface area contributed by atoms with Crippen LogP contribution >= 0.6 is 11.6 Å². The minimum atomic E-state index is -3.80. The standard InChI is InChI=1S/C21H21ClN2O4S/c1-4-28-21(25)19-13(2)20(15-5-7-16(22)8-6-15)24(14(19)3)17-9-11-18(12-10-17)29(23,26)27/h5-12H,4H2,1-3H3,(H2,23,26,27). The zero-order valence-electron chi connectivity index (χ0n) is 16.3. The molecule has 0 atom stereocenters. The second-order valence-electron chi connectivity index (χ2n) is 6.54. The summed E-state index contributed by atoms with van der Waals surface area (Å²) in [6.07, 6.45) is 0. The molecule has 0 amide bonds. The first-order valence-corrected chi connectivity index (χ1v) is 10.9. The fourth-order valence-electron chi connectivity index (χ4n) is 3.40. The molecule has 0 saturated heterocycles. The summed E-state index contributed by atoms with van der Waals surface area (Å²) in [5.74, 6) is -0.405. The van der Waals surface area contributed by atoms with Crippen molar-refractivity contribution in [1.82, 2.24) is 4.57 Å². The molecule has 0 unspecified atom stereocenters. The molecule has 0 aliphatic heterocycles. The van der Waals surface area contributed by atoms with Gasteiger partial charge < -0.3 is 9.30 Å². The number of benzene rings is 2. The van der Waals surface area contributed by atoms with Crippen molar-refractivity contribution in [3.63, 3.8) is 0 Å². The first-order chi connectivity index (χ1) is 13.6. The molecule has 0 radical (unpaired) electrons. The highest BCUT2D eigenvalue weighted by molar-refractivity contribution is 7.89. The number of halogens is 1. The van der Waals surface area contributed by atoms with Gasteiger partial charge in [0.1, 0.15) is 0 Å². The topological polar surface area (TPSA) is 91.4 Å². The first-order valence-electron chi connectivity index (χ1n) is 8.93. The first kappa shape index (κ1) is 21.1. The molecular weight excluding hydrogens is 412 g/mol. The van der Waals surface area contributed by atoms with E-state index in [4.69, 9.17) is 21.5 Å². The van der Waals surface area contributed by atoms with Gasteiger partial charge in [0, 0.05) is 16.4 Å². The minimum absolute atomic E-state index is 0.0152.